The van der Waals surface area contributed by atoms with Crippen LogP contribution in [0.25, 0.3) is 0 Å². The number of benzene rings is 2. The van der Waals surface area contributed by atoms with Gasteiger partial charge < -0.3 is 30.8 Å². The molecule has 2 aliphatic rings. The molecule has 4 rings (SSSR count). The third-order valence-electron chi connectivity index (χ3n) is 5.89. The van der Waals surface area contributed by atoms with Crippen LogP contribution in [0.3, 0.4) is 0 Å². The molecular weight excluding hydrogens is 408 g/mol. The second kappa shape index (κ2) is 8.18. The monoisotopic (exact) mass is 436 g/mol. The van der Waals surface area contributed by atoms with Gasteiger partial charge in [0, 0.05) is 49.0 Å². The van der Waals surface area contributed by atoms with Crippen LogP contribution < -0.4 is 20.5 Å². The van der Waals surface area contributed by atoms with Crippen LogP contribution in [-0.4, -0.2) is 47.8 Å². The number of likely N-dealkylation sites (tertiary alicyclic amines) is 1. The lowest BCUT2D eigenvalue weighted by molar-refractivity contribution is -0.0246. The number of nitrogens with zero attached hydrogens (tertiary/aromatic N) is 1. The molecule has 32 heavy (non-hydrogen) atoms. The number of aryl methyl sites for hydroxylation is 1. The van der Waals surface area contributed by atoms with Gasteiger partial charge in [0.25, 0.3) is 11.8 Å². The molecule has 8 nitrogen and oxygen atoms in total. The first-order chi connectivity index (χ1) is 15.2. The minimum atomic E-state index is -0.835. The summed E-state index contributed by atoms with van der Waals surface area (Å²) in [6.45, 7) is 6.55. The highest BCUT2D eigenvalue weighted by molar-refractivity contribution is 5.99. The summed E-state index contributed by atoms with van der Waals surface area (Å²) in [5, 5.41) is 10.5. The molecule has 2 amide bonds. The Hall–Kier alpha value is -3.55. The number of ether oxygens (including phenoxy) is 2. The molecule has 2 aliphatic heterocycles. The highest BCUT2D eigenvalue weighted by Gasteiger charge is 2.43. The molecule has 0 unspecified atom stereocenters. The molecule has 1 saturated heterocycles. The number of hydrogen-bond donors (Lipinski definition) is 3. The topological polar surface area (TPSA) is 118 Å². The zero-order chi connectivity index (χ0) is 23.0. The Kier molecular flexibility index (Phi) is 5.54. The van der Waals surface area contributed by atoms with E-state index in [4.69, 9.17) is 20.6 Å². The summed E-state index contributed by atoms with van der Waals surface area (Å²) in [6.07, 6.45) is 2.11. The molecule has 0 bridgehead atoms. The van der Waals surface area contributed by atoms with Crippen LogP contribution in [0.4, 0.5) is 5.69 Å². The first-order valence-electron chi connectivity index (χ1n) is 10.7. The maximum absolute atomic E-state index is 13.1. The number of rotatable bonds is 4. The average molecular weight is 437 g/mol. The molecule has 0 saturated carbocycles. The Morgan fingerprint density at radius 2 is 2.00 bits per heavy atom. The minimum absolute atomic E-state index is 0.00811. The number of piperidine rings is 1. The van der Waals surface area contributed by atoms with Crippen LogP contribution in [0, 0.1) is 12.3 Å². The summed E-state index contributed by atoms with van der Waals surface area (Å²) in [5.41, 5.74) is 7.90. The van der Waals surface area contributed by atoms with Gasteiger partial charge in [-0.1, -0.05) is 0 Å². The van der Waals surface area contributed by atoms with Crippen molar-refractivity contribution >= 4 is 23.7 Å². The number of nitrogens with two attached hydrogens (primary N) is 1. The van der Waals surface area contributed by atoms with Crippen molar-refractivity contribution in [1.82, 2.24) is 10.2 Å². The third-order valence-corrected chi connectivity index (χ3v) is 5.89. The molecule has 0 radical (unpaired) electrons. The van der Waals surface area contributed by atoms with Gasteiger partial charge in [0.1, 0.15) is 11.5 Å². The molecule has 0 aromatic heterocycles. The lowest BCUT2D eigenvalue weighted by atomic mass is 9.95. The molecule has 1 fully saturated rings. The highest BCUT2D eigenvalue weighted by atomic mass is 16.5. The maximum atomic E-state index is 13.1. The lowest BCUT2D eigenvalue weighted by Gasteiger charge is -2.44. The van der Waals surface area contributed by atoms with Gasteiger partial charge in [-0.2, -0.15) is 0 Å². The maximum Gasteiger partial charge on any atom is 0.258 e. The third kappa shape index (κ3) is 4.00. The van der Waals surface area contributed by atoms with Crippen LogP contribution in [0.5, 0.6) is 11.5 Å². The van der Waals surface area contributed by atoms with Crippen LogP contribution in [-0.2, 0) is 0 Å². The standard InChI is InChI=1S/C24H28N4O4/c1-14(2)31-18-4-5-20-19(12-18)22(29)27-24(32-20)6-8-28(9-7-24)23(30)16-10-15(3)21(26)17(11-16)13-25/h4-5,10-14,25H,6-9,26H2,1-3H3,(H,27,29). The molecule has 2 aromatic carbocycles. The van der Waals surface area contributed by atoms with Crippen molar-refractivity contribution in [3.8, 4) is 11.5 Å². The van der Waals surface area contributed by atoms with E-state index < -0.39 is 5.72 Å². The van der Waals surface area contributed by atoms with E-state index in [9.17, 15) is 9.59 Å². The van der Waals surface area contributed by atoms with E-state index in [0.29, 0.717) is 59.8 Å². The summed E-state index contributed by atoms with van der Waals surface area (Å²) in [7, 11) is 0. The van der Waals surface area contributed by atoms with E-state index in [1.54, 1.807) is 35.2 Å². The van der Waals surface area contributed by atoms with Gasteiger partial charge >= 0.3 is 0 Å². The quantitative estimate of drug-likeness (QED) is 0.503. The van der Waals surface area contributed by atoms with Crippen molar-refractivity contribution in [2.24, 2.45) is 0 Å². The molecular formula is C24H28N4O4. The normalized spacial score (nSPS) is 16.9. The molecule has 0 atom stereocenters. The van der Waals surface area contributed by atoms with E-state index in [1.165, 1.54) is 0 Å². The van der Waals surface area contributed by atoms with E-state index in [0.717, 1.165) is 11.8 Å². The van der Waals surface area contributed by atoms with E-state index in [-0.39, 0.29) is 17.9 Å². The van der Waals surface area contributed by atoms with Gasteiger partial charge in [0.2, 0.25) is 0 Å². The minimum Gasteiger partial charge on any atom is -0.491 e. The van der Waals surface area contributed by atoms with Crippen molar-refractivity contribution in [3.63, 3.8) is 0 Å². The molecule has 2 heterocycles. The summed E-state index contributed by atoms with van der Waals surface area (Å²) in [6, 6.07) is 8.66. The first kappa shape index (κ1) is 21.7. The largest absolute Gasteiger partial charge is 0.491 e. The lowest BCUT2D eigenvalue weighted by Crippen LogP contribution is -2.61. The predicted molar refractivity (Wildman–Crippen MR) is 122 cm³/mol. The second-order valence-electron chi connectivity index (χ2n) is 8.61. The Bertz CT molecular complexity index is 1090. The van der Waals surface area contributed by atoms with Crippen LogP contribution in [0.2, 0.25) is 0 Å². The Labute approximate surface area is 187 Å². The summed E-state index contributed by atoms with van der Waals surface area (Å²) < 4.78 is 11.9. The highest BCUT2D eigenvalue weighted by Crippen LogP contribution is 2.36. The smallest absolute Gasteiger partial charge is 0.258 e. The number of nitrogens with one attached hydrogen (secondary N) is 2. The number of hydrogen-bond acceptors (Lipinski definition) is 6. The van der Waals surface area contributed by atoms with Crippen LogP contribution in [0.15, 0.2) is 30.3 Å². The van der Waals surface area contributed by atoms with E-state index in [2.05, 4.69) is 5.32 Å². The summed E-state index contributed by atoms with van der Waals surface area (Å²) in [4.78, 5) is 27.6. The van der Waals surface area contributed by atoms with Gasteiger partial charge in [-0.25, -0.2) is 0 Å². The SMILES string of the molecule is Cc1cc(C(=O)N2CCC3(CC2)NC(=O)c2cc(OC(C)C)ccc2O3)cc(C=N)c1N. The van der Waals surface area contributed by atoms with E-state index in [1.807, 2.05) is 20.8 Å². The number of fused-ring (bicyclic) bond motifs is 1. The molecule has 4 N–H and O–H groups in total. The molecule has 1 spiro atoms. The fourth-order valence-corrected chi connectivity index (χ4v) is 4.18. The Morgan fingerprint density at radius 3 is 2.66 bits per heavy atom. The molecule has 0 aliphatic carbocycles. The number of anilines is 1. The average Bonchev–Trinajstić information content (AvgIpc) is 2.76. The first-order valence-corrected chi connectivity index (χ1v) is 10.7. The molecule has 168 valence electrons. The number of nitrogen functional groups attached to an aromatic ring is 1. The van der Waals surface area contributed by atoms with Gasteiger partial charge in [-0.05, 0) is 56.7 Å². The number of amides is 2. The summed E-state index contributed by atoms with van der Waals surface area (Å²) >= 11 is 0. The fraction of sp³-hybridized carbons (Fsp3) is 0.375. The number of carbonyl (C=O) groups excluding carboxylic acids is 2. The van der Waals surface area contributed by atoms with Crippen molar-refractivity contribution in [2.75, 3.05) is 18.8 Å². The Balaban J connectivity index is 1.48. The van der Waals surface area contributed by atoms with E-state index >= 15 is 0 Å². The van der Waals surface area contributed by atoms with Gasteiger partial charge in [0.15, 0.2) is 5.72 Å². The van der Waals surface area contributed by atoms with Crippen LogP contribution >= 0.6 is 0 Å². The van der Waals surface area contributed by atoms with Crippen molar-refractivity contribution in [1.29, 1.82) is 5.41 Å². The zero-order valence-electron chi connectivity index (χ0n) is 18.5. The van der Waals surface area contributed by atoms with Gasteiger partial charge in [-0.15, -0.1) is 0 Å². The molecule has 8 heteroatoms. The van der Waals surface area contributed by atoms with Gasteiger partial charge in [-0.3, -0.25) is 9.59 Å². The zero-order valence-corrected chi connectivity index (χ0v) is 18.5. The fourth-order valence-electron chi connectivity index (χ4n) is 4.18. The van der Waals surface area contributed by atoms with Crippen molar-refractivity contribution in [3.05, 3.63) is 52.6 Å². The second-order valence-corrected chi connectivity index (χ2v) is 8.61. The van der Waals surface area contributed by atoms with Gasteiger partial charge in [0.05, 0.1) is 11.7 Å². The number of carbonyl (C=O) groups is 2. The van der Waals surface area contributed by atoms with Crippen molar-refractivity contribution < 1.29 is 19.1 Å². The van der Waals surface area contributed by atoms with Crippen molar-refractivity contribution in [2.45, 2.75) is 45.4 Å². The Morgan fingerprint density at radius 1 is 1.28 bits per heavy atom. The predicted octanol–water partition coefficient (Wildman–Crippen LogP) is 3.12. The molecule has 2 aromatic rings. The summed E-state index contributed by atoms with van der Waals surface area (Å²) in [5.74, 6) is 0.820. The van der Waals surface area contributed by atoms with Crippen LogP contribution in [0.1, 0.15) is 58.5 Å².